The Morgan fingerprint density at radius 3 is 1.91 bits per heavy atom. The molecular weight excluding hydrogens is 410 g/mol. The number of aliphatic imine (C=N–C) groups is 1. The van der Waals surface area contributed by atoms with Gasteiger partial charge in [0.05, 0.1) is 12.2 Å². The maximum atomic E-state index is 11.2. The Kier molecular flexibility index (Phi) is 17.9. The van der Waals surface area contributed by atoms with Crippen LogP contribution >= 0.6 is 0 Å². The van der Waals surface area contributed by atoms with Gasteiger partial charge in [-0.1, -0.05) is 96.1 Å². The van der Waals surface area contributed by atoms with Crippen LogP contribution in [0.5, 0.6) is 0 Å². The molecule has 33 heavy (non-hydrogen) atoms. The van der Waals surface area contributed by atoms with Crippen LogP contribution in [0.15, 0.2) is 29.5 Å². The lowest BCUT2D eigenvalue weighted by molar-refractivity contribution is -0.780. The number of hydrogen-bond acceptors (Lipinski definition) is 4. The lowest BCUT2D eigenvalue weighted by Gasteiger charge is -2.32. The van der Waals surface area contributed by atoms with Crippen LogP contribution in [-0.2, 0) is 4.79 Å². The number of quaternary nitrogens is 1. The van der Waals surface area contributed by atoms with Crippen LogP contribution < -0.4 is 10.8 Å². The third-order valence-corrected chi connectivity index (χ3v) is 6.69. The summed E-state index contributed by atoms with van der Waals surface area (Å²) in [6.45, 7) is 3.21. The van der Waals surface area contributed by atoms with Crippen LogP contribution in [0.3, 0.4) is 0 Å². The van der Waals surface area contributed by atoms with Gasteiger partial charge in [-0.15, -0.1) is 0 Å². The van der Waals surface area contributed by atoms with Crippen LogP contribution in [-0.4, -0.2) is 35.9 Å². The summed E-state index contributed by atoms with van der Waals surface area (Å²) in [6.07, 6.45) is 31.5. The van der Waals surface area contributed by atoms with Crippen molar-refractivity contribution in [3.63, 3.8) is 0 Å². The molecule has 0 saturated carbocycles. The highest BCUT2D eigenvalue weighted by Gasteiger charge is 2.34. The fourth-order valence-corrected chi connectivity index (χ4v) is 4.68. The van der Waals surface area contributed by atoms with Gasteiger partial charge in [0.2, 0.25) is 5.84 Å². The summed E-state index contributed by atoms with van der Waals surface area (Å²) in [5.41, 5.74) is 5.71. The van der Waals surface area contributed by atoms with Gasteiger partial charge in [-0.2, -0.15) is 0 Å². The quantitative estimate of drug-likeness (QED) is 0.115. The first-order valence-electron chi connectivity index (χ1n) is 13.8. The van der Waals surface area contributed by atoms with E-state index in [0.29, 0.717) is 13.1 Å². The third-order valence-electron chi connectivity index (χ3n) is 6.69. The summed E-state index contributed by atoms with van der Waals surface area (Å²) in [6, 6.07) is 0. The number of carboxylic acids is 1. The van der Waals surface area contributed by atoms with Crippen molar-refractivity contribution in [2.45, 2.75) is 122 Å². The largest absolute Gasteiger partial charge is 0.544 e. The second-order valence-electron chi connectivity index (χ2n) is 9.67. The van der Waals surface area contributed by atoms with Crippen molar-refractivity contribution >= 4 is 11.8 Å². The van der Waals surface area contributed by atoms with Crippen LogP contribution in [0.2, 0.25) is 0 Å². The smallest absolute Gasteiger partial charge is 0.207 e. The maximum absolute atomic E-state index is 11.2. The first kappa shape index (κ1) is 29.6. The molecule has 1 aliphatic heterocycles. The number of amidine groups is 1. The predicted molar refractivity (Wildman–Crippen MR) is 139 cm³/mol. The highest BCUT2D eigenvalue weighted by Crippen LogP contribution is 2.21. The van der Waals surface area contributed by atoms with Crippen LogP contribution in [0.1, 0.15) is 122 Å². The Morgan fingerprint density at radius 2 is 1.39 bits per heavy atom. The van der Waals surface area contributed by atoms with E-state index in [1.807, 2.05) is 6.20 Å². The molecule has 190 valence electrons. The van der Waals surface area contributed by atoms with Crippen molar-refractivity contribution in [3.05, 3.63) is 24.6 Å². The van der Waals surface area contributed by atoms with Crippen molar-refractivity contribution < 1.29 is 14.4 Å². The lowest BCUT2D eigenvalue weighted by Crippen LogP contribution is -2.55. The van der Waals surface area contributed by atoms with Gasteiger partial charge in [-0.25, -0.2) is 9.48 Å². The summed E-state index contributed by atoms with van der Waals surface area (Å²) in [4.78, 5) is 15.6. The number of nitrogens with zero attached hydrogens (tertiary/aromatic N) is 2. The molecule has 5 nitrogen and oxygen atoms in total. The maximum Gasteiger partial charge on any atom is 0.207 e. The predicted octanol–water partition coefficient (Wildman–Crippen LogP) is 5.99. The van der Waals surface area contributed by atoms with Crippen molar-refractivity contribution in [2.24, 2.45) is 10.7 Å². The second-order valence-corrected chi connectivity index (χ2v) is 9.67. The molecule has 0 aromatic carbocycles. The normalized spacial score (nSPS) is 17.8. The summed E-state index contributed by atoms with van der Waals surface area (Å²) >= 11 is 0. The Bertz CT molecular complexity index is 586. The Labute approximate surface area is 203 Å². The molecule has 0 saturated heterocycles. The number of rotatable bonds is 23. The Morgan fingerprint density at radius 1 is 0.879 bits per heavy atom. The zero-order valence-electron chi connectivity index (χ0n) is 21.4. The van der Waals surface area contributed by atoms with Crippen molar-refractivity contribution in [1.82, 2.24) is 0 Å². The summed E-state index contributed by atoms with van der Waals surface area (Å²) in [5.74, 6) is -0.125. The highest BCUT2D eigenvalue weighted by molar-refractivity contribution is 5.80. The summed E-state index contributed by atoms with van der Waals surface area (Å²) in [5, 5.41) is 11.2. The third kappa shape index (κ3) is 14.4. The van der Waals surface area contributed by atoms with Gasteiger partial charge in [0, 0.05) is 13.0 Å². The van der Waals surface area contributed by atoms with E-state index in [1.54, 1.807) is 6.20 Å². The minimum Gasteiger partial charge on any atom is -0.544 e. The van der Waals surface area contributed by atoms with E-state index in [4.69, 9.17) is 5.73 Å². The molecule has 1 atom stereocenters. The molecule has 1 unspecified atom stereocenters. The molecule has 1 aliphatic rings. The number of aliphatic carboxylic acids is 1. The minimum atomic E-state index is -1.05. The van der Waals surface area contributed by atoms with E-state index >= 15 is 0 Å². The molecule has 1 rings (SSSR count). The van der Waals surface area contributed by atoms with Crippen LogP contribution in [0.25, 0.3) is 0 Å². The zero-order chi connectivity index (χ0) is 24.0. The molecule has 0 aromatic rings. The standard InChI is InChI=1S/C28H51N3O2/c1-2-3-4-5-6-7-8-9-10-11-12-13-14-15-16-17-18-19-20-21-27-30-23-25-31(27,24-22-29)26-28(32)33/h7-8,23,25H,2-6,9-22,24,26,29H2,1H3/b8-7+. The summed E-state index contributed by atoms with van der Waals surface area (Å²) < 4.78 is 0.244. The fraction of sp³-hybridized carbons (Fsp3) is 0.786. The second kappa shape index (κ2) is 20.0. The van der Waals surface area contributed by atoms with Crippen LogP contribution in [0, 0.1) is 0 Å². The van der Waals surface area contributed by atoms with Gasteiger partial charge in [0.15, 0.2) is 0 Å². The molecule has 0 radical (unpaired) electrons. The molecule has 0 amide bonds. The summed E-state index contributed by atoms with van der Waals surface area (Å²) in [7, 11) is 0. The Balaban J connectivity index is 1.92. The molecule has 0 spiro atoms. The number of allylic oxidation sites excluding steroid dienone is 2. The van der Waals surface area contributed by atoms with Gasteiger partial charge < -0.3 is 15.6 Å². The number of carbonyl (C=O) groups excluding carboxylic acids is 1. The number of hydrogen-bond donors (Lipinski definition) is 1. The average molecular weight is 462 g/mol. The van der Waals surface area contributed by atoms with E-state index in [-0.39, 0.29) is 11.0 Å². The van der Waals surface area contributed by atoms with E-state index in [9.17, 15) is 9.90 Å². The van der Waals surface area contributed by atoms with Gasteiger partial charge in [0.25, 0.3) is 0 Å². The van der Waals surface area contributed by atoms with Crippen molar-refractivity contribution in [2.75, 3.05) is 19.6 Å². The van der Waals surface area contributed by atoms with Crippen molar-refractivity contribution in [1.29, 1.82) is 0 Å². The number of nitrogens with two attached hydrogens (primary N) is 1. The van der Waals surface area contributed by atoms with E-state index in [1.165, 1.54) is 103 Å². The van der Waals surface area contributed by atoms with Gasteiger partial charge in [-0.05, 0) is 32.1 Å². The SMILES string of the molecule is CCCCCC/C=C/CCCCCCCCCCCCCC1=NC=C[N+]1(CCN)CC(=O)[O-]. The van der Waals surface area contributed by atoms with Gasteiger partial charge in [0.1, 0.15) is 19.3 Å². The minimum absolute atomic E-state index is 0.0671. The van der Waals surface area contributed by atoms with E-state index < -0.39 is 5.97 Å². The number of carbonyl (C=O) groups is 1. The average Bonchev–Trinajstić information content (AvgIpc) is 3.16. The molecule has 0 aromatic heterocycles. The number of unbranched alkanes of at least 4 members (excludes halogenated alkanes) is 15. The van der Waals surface area contributed by atoms with Crippen LogP contribution in [0.4, 0.5) is 0 Å². The molecule has 1 heterocycles. The Hall–Kier alpha value is -1.46. The highest BCUT2D eigenvalue weighted by atomic mass is 16.4. The molecule has 0 bridgehead atoms. The molecular formula is C28H51N3O2. The fourth-order valence-electron chi connectivity index (χ4n) is 4.68. The first-order chi connectivity index (χ1) is 16.1. The first-order valence-corrected chi connectivity index (χ1v) is 13.8. The lowest BCUT2D eigenvalue weighted by atomic mass is 10.0. The monoisotopic (exact) mass is 461 g/mol. The van der Waals surface area contributed by atoms with Crippen molar-refractivity contribution in [3.8, 4) is 0 Å². The zero-order valence-corrected chi connectivity index (χ0v) is 21.4. The molecule has 0 aliphatic carbocycles. The van der Waals surface area contributed by atoms with Gasteiger partial charge >= 0.3 is 0 Å². The number of carboxylic acid groups (broad SMARTS) is 1. The molecule has 2 N–H and O–H groups in total. The van der Waals surface area contributed by atoms with E-state index in [2.05, 4.69) is 24.1 Å². The molecule has 0 fully saturated rings. The molecule has 5 heteroatoms. The van der Waals surface area contributed by atoms with Gasteiger partial charge in [-0.3, -0.25) is 0 Å². The van der Waals surface area contributed by atoms with E-state index in [0.717, 1.165) is 18.7 Å². The topological polar surface area (TPSA) is 78.5 Å².